The zero-order valence-electron chi connectivity index (χ0n) is 18.0. The molecule has 1 aliphatic rings. The largest absolute Gasteiger partial charge is 0.488 e. The summed E-state index contributed by atoms with van der Waals surface area (Å²) in [5, 5.41) is 2.32. The van der Waals surface area contributed by atoms with Crippen LogP contribution in [0, 0.1) is 0 Å². The molecule has 1 heterocycles. The maximum Gasteiger partial charge on any atom is 0.416 e. The van der Waals surface area contributed by atoms with Gasteiger partial charge < -0.3 is 14.8 Å². The molecule has 1 N–H and O–H groups in total. The molecule has 3 rings (SSSR count). The van der Waals surface area contributed by atoms with Gasteiger partial charge in [0.15, 0.2) is 0 Å². The van der Waals surface area contributed by atoms with Crippen molar-refractivity contribution in [2.24, 2.45) is 4.99 Å². The molecule has 186 valence electrons. The summed E-state index contributed by atoms with van der Waals surface area (Å²) in [7, 11) is 2.66. The van der Waals surface area contributed by atoms with Crippen molar-refractivity contribution in [3.05, 3.63) is 69.1 Å². The third-order valence-electron chi connectivity index (χ3n) is 4.70. The number of carbonyl (C=O) groups is 2. The fraction of sp³-hybridized carbons (Fsp3) is 0.227. The normalized spacial score (nSPS) is 15.3. The highest BCUT2D eigenvalue weighted by Gasteiger charge is 2.38. The molecule has 0 atom stereocenters. The van der Waals surface area contributed by atoms with Crippen LogP contribution < -0.4 is 10.1 Å². The SMILES string of the molecule is CNC1=NC(=O)S/C1=C\c1ccc(OCc2ccc(C(F)(F)F)cc2C(F)(F)F)c(C(=O)OC)c1. The molecule has 2 aromatic rings. The van der Waals surface area contributed by atoms with E-state index in [1.54, 1.807) is 13.1 Å². The number of benzene rings is 2. The molecule has 1 amide bonds. The van der Waals surface area contributed by atoms with Crippen molar-refractivity contribution in [3.8, 4) is 5.75 Å². The summed E-state index contributed by atoms with van der Waals surface area (Å²) in [6.45, 7) is -0.766. The van der Waals surface area contributed by atoms with Gasteiger partial charge in [-0.1, -0.05) is 12.1 Å². The van der Waals surface area contributed by atoms with Gasteiger partial charge in [-0.25, -0.2) is 4.79 Å². The van der Waals surface area contributed by atoms with Crippen LogP contribution in [0.25, 0.3) is 6.08 Å². The van der Waals surface area contributed by atoms with Gasteiger partial charge in [0.2, 0.25) is 0 Å². The second kappa shape index (κ2) is 10.0. The quantitative estimate of drug-likeness (QED) is 0.392. The van der Waals surface area contributed by atoms with E-state index in [0.717, 1.165) is 18.9 Å². The van der Waals surface area contributed by atoms with Gasteiger partial charge in [0.25, 0.3) is 0 Å². The van der Waals surface area contributed by atoms with E-state index in [4.69, 9.17) is 9.47 Å². The second-order valence-electron chi connectivity index (χ2n) is 6.99. The van der Waals surface area contributed by atoms with E-state index < -0.39 is 46.9 Å². The topological polar surface area (TPSA) is 77.0 Å². The molecule has 0 spiro atoms. The van der Waals surface area contributed by atoms with Gasteiger partial charge in [0.05, 0.1) is 23.1 Å². The van der Waals surface area contributed by atoms with Gasteiger partial charge in [-0.2, -0.15) is 31.3 Å². The van der Waals surface area contributed by atoms with Crippen LogP contribution in [-0.2, 0) is 23.7 Å². The van der Waals surface area contributed by atoms with Crippen LogP contribution in [0.2, 0.25) is 0 Å². The van der Waals surface area contributed by atoms with E-state index >= 15 is 0 Å². The van der Waals surface area contributed by atoms with Crippen molar-refractivity contribution in [1.82, 2.24) is 5.32 Å². The minimum atomic E-state index is -5.07. The lowest BCUT2D eigenvalue weighted by Crippen LogP contribution is -2.16. The minimum absolute atomic E-state index is 0.0106. The maximum absolute atomic E-state index is 13.4. The molecule has 0 aliphatic carbocycles. The number of amides is 1. The highest BCUT2D eigenvalue weighted by Crippen LogP contribution is 2.38. The van der Waals surface area contributed by atoms with Gasteiger partial charge in [-0.15, -0.1) is 0 Å². The molecule has 0 radical (unpaired) electrons. The Morgan fingerprint density at radius 3 is 2.40 bits per heavy atom. The molecule has 0 unspecified atom stereocenters. The van der Waals surface area contributed by atoms with Gasteiger partial charge in [0.1, 0.15) is 23.8 Å². The molecule has 0 saturated heterocycles. The van der Waals surface area contributed by atoms with Crippen LogP contribution in [0.15, 0.2) is 46.3 Å². The van der Waals surface area contributed by atoms with E-state index in [0.29, 0.717) is 28.4 Å². The number of methoxy groups -OCH3 is 1. The van der Waals surface area contributed by atoms with E-state index in [1.807, 2.05) is 0 Å². The van der Waals surface area contributed by atoms with Gasteiger partial charge >= 0.3 is 23.6 Å². The van der Waals surface area contributed by atoms with Crippen molar-refractivity contribution in [2.75, 3.05) is 14.2 Å². The van der Waals surface area contributed by atoms with Gasteiger partial charge in [-0.05, 0) is 47.7 Å². The predicted molar refractivity (Wildman–Crippen MR) is 116 cm³/mol. The molecule has 1 aliphatic heterocycles. The monoisotopic (exact) mass is 518 g/mol. The molecular formula is C22H16F6N2O4S. The van der Waals surface area contributed by atoms with Crippen LogP contribution in [0.4, 0.5) is 31.1 Å². The van der Waals surface area contributed by atoms with E-state index in [9.17, 15) is 35.9 Å². The van der Waals surface area contributed by atoms with Crippen LogP contribution >= 0.6 is 11.8 Å². The lowest BCUT2D eigenvalue weighted by molar-refractivity contribution is -0.143. The summed E-state index contributed by atoms with van der Waals surface area (Å²) in [6.07, 6.45) is -8.47. The summed E-state index contributed by atoms with van der Waals surface area (Å²) >= 11 is 0.853. The number of amidine groups is 1. The Hall–Kier alpha value is -3.48. The molecular weight excluding hydrogens is 502 g/mol. The number of nitrogens with one attached hydrogen (secondary N) is 1. The number of hydrogen-bond acceptors (Lipinski definition) is 6. The molecule has 0 aromatic heterocycles. The smallest absolute Gasteiger partial charge is 0.416 e. The van der Waals surface area contributed by atoms with E-state index in [1.165, 1.54) is 18.2 Å². The average Bonchev–Trinajstić information content (AvgIpc) is 3.15. The first-order valence-corrected chi connectivity index (χ1v) is 10.5. The number of halogens is 6. The van der Waals surface area contributed by atoms with Crippen molar-refractivity contribution in [2.45, 2.75) is 19.0 Å². The van der Waals surface area contributed by atoms with Crippen LogP contribution in [0.3, 0.4) is 0 Å². The predicted octanol–water partition coefficient (Wildman–Crippen LogP) is 5.92. The van der Waals surface area contributed by atoms with Crippen molar-refractivity contribution >= 4 is 34.9 Å². The molecule has 0 saturated carbocycles. The molecule has 13 heteroatoms. The highest BCUT2D eigenvalue weighted by molar-refractivity contribution is 8.18. The second-order valence-corrected chi connectivity index (χ2v) is 7.98. The van der Waals surface area contributed by atoms with Crippen LogP contribution in [-0.4, -0.2) is 31.2 Å². The van der Waals surface area contributed by atoms with Crippen molar-refractivity contribution in [3.63, 3.8) is 0 Å². The molecule has 6 nitrogen and oxygen atoms in total. The zero-order valence-corrected chi connectivity index (χ0v) is 18.8. The third-order valence-corrected chi connectivity index (χ3v) is 5.50. The Kier molecular flexibility index (Phi) is 7.48. The van der Waals surface area contributed by atoms with Gasteiger partial charge in [0, 0.05) is 12.6 Å². The van der Waals surface area contributed by atoms with Crippen molar-refractivity contribution < 1.29 is 45.4 Å². The lowest BCUT2D eigenvalue weighted by Gasteiger charge is -2.17. The minimum Gasteiger partial charge on any atom is -0.488 e. The Morgan fingerprint density at radius 2 is 1.80 bits per heavy atom. The summed E-state index contributed by atoms with van der Waals surface area (Å²) in [5.41, 5.74) is -3.21. The highest BCUT2D eigenvalue weighted by atomic mass is 32.2. The first kappa shape index (κ1) is 26.1. The number of likely N-dealkylation sites (N-methyl/N-ethyl adjacent to an activating group) is 1. The fourth-order valence-electron chi connectivity index (χ4n) is 3.07. The van der Waals surface area contributed by atoms with Crippen LogP contribution in [0.5, 0.6) is 5.75 Å². The van der Waals surface area contributed by atoms with E-state index in [-0.39, 0.29) is 17.4 Å². The fourth-order valence-corrected chi connectivity index (χ4v) is 3.84. The summed E-state index contributed by atoms with van der Waals surface area (Å²) in [4.78, 5) is 28.1. The van der Waals surface area contributed by atoms with Crippen molar-refractivity contribution in [1.29, 1.82) is 0 Å². The number of esters is 1. The number of ether oxygens (including phenoxy) is 2. The number of alkyl halides is 6. The molecule has 2 aromatic carbocycles. The number of rotatable bonds is 5. The Balaban J connectivity index is 1.93. The maximum atomic E-state index is 13.4. The number of hydrogen-bond donors (Lipinski definition) is 1. The standard InChI is InChI=1S/C22H16F6N2O4S/c1-29-18-17(35-20(32)30-18)8-11-3-6-16(14(7-11)19(31)33-2)34-10-12-4-5-13(21(23,24)25)9-15(12)22(26,27)28/h3-9H,10H2,1-2H3,(H,29,30,32)/b17-8-. The summed E-state index contributed by atoms with van der Waals surface area (Å²) in [5.74, 6) is -0.687. The first-order valence-electron chi connectivity index (χ1n) is 9.66. The average molecular weight is 518 g/mol. The number of thioether (sulfide) groups is 1. The Labute approximate surface area is 199 Å². The number of aliphatic imine (C=N–C) groups is 1. The third kappa shape index (κ3) is 6.15. The number of nitrogens with zero attached hydrogens (tertiary/aromatic N) is 1. The van der Waals surface area contributed by atoms with Gasteiger partial charge in [-0.3, -0.25) is 4.79 Å². The lowest BCUT2D eigenvalue weighted by atomic mass is 10.0. The summed E-state index contributed by atoms with van der Waals surface area (Å²) in [6, 6.07) is 5.32. The Bertz CT molecular complexity index is 1220. The van der Waals surface area contributed by atoms with Crippen LogP contribution in [0.1, 0.15) is 32.6 Å². The Morgan fingerprint density at radius 1 is 1.09 bits per heavy atom. The molecule has 0 fully saturated rings. The number of carbonyl (C=O) groups excluding carboxylic acids is 2. The molecule has 0 bridgehead atoms. The van der Waals surface area contributed by atoms with E-state index in [2.05, 4.69) is 10.3 Å². The first-order chi connectivity index (χ1) is 16.3. The zero-order chi connectivity index (χ0) is 26.0. The molecule has 35 heavy (non-hydrogen) atoms. The summed E-state index contributed by atoms with van der Waals surface area (Å²) < 4.78 is 88.9.